The number of ether oxygens (including phenoxy) is 3. The van der Waals surface area contributed by atoms with Gasteiger partial charge >= 0.3 is 5.97 Å². The number of carbonyl (C=O) groups is 2. The monoisotopic (exact) mass is 434 g/mol. The first-order chi connectivity index (χ1) is 13.0. The Morgan fingerprint density at radius 1 is 1.19 bits per heavy atom. The number of amides is 1. The van der Waals surface area contributed by atoms with Gasteiger partial charge in [0.15, 0.2) is 18.1 Å². The highest BCUT2D eigenvalue weighted by Crippen LogP contribution is 2.27. The lowest BCUT2D eigenvalue weighted by atomic mass is 10.2. The molecule has 0 aliphatic heterocycles. The van der Waals surface area contributed by atoms with E-state index in [0.717, 1.165) is 0 Å². The molecular formula is C19H19BrN2O5. The minimum Gasteiger partial charge on any atom is -0.493 e. The van der Waals surface area contributed by atoms with Crippen molar-refractivity contribution in [3.05, 3.63) is 58.1 Å². The van der Waals surface area contributed by atoms with Gasteiger partial charge in [0.25, 0.3) is 5.91 Å². The maximum absolute atomic E-state index is 12.1. The fourth-order valence-corrected chi connectivity index (χ4v) is 2.56. The molecule has 0 bridgehead atoms. The molecule has 0 aliphatic carbocycles. The first-order valence-electron chi connectivity index (χ1n) is 8.09. The van der Waals surface area contributed by atoms with E-state index in [1.807, 2.05) is 6.07 Å². The van der Waals surface area contributed by atoms with E-state index >= 15 is 0 Å². The van der Waals surface area contributed by atoms with E-state index in [9.17, 15) is 9.59 Å². The molecule has 0 aromatic heterocycles. The summed E-state index contributed by atoms with van der Waals surface area (Å²) in [5, 5.41) is 3.95. The minimum atomic E-state index is -0.458. The SMILES string of the molecule is CCOC(=O)COc1ccc(/C=N\NC(=O)c2ccccc2Br)cc1OC. The molecule has 2 rings (SSSR count). The van der Waals surface area contributed by atoms with Gasteiger partial charge in [-0.2, -0.15) is 5.10 Å². The van der Waals surface area contributed by atoms with Gasteiger partial charge in [-0.3, -0.25) is 4.79 Å². The molecule has 27 heavy (non-hydrogen) atoms. The van der Waals surface area contributed by atoms with Crippen molar-refractivity contribution in [3.63, 3.8) is 0 Å². The average Bonchev–Trinajstić information content (AvgIpc) is 2.67. The summed E-state index contributed by atoms with van der Waals surface area (Å²) < 4.78 is 16.1. The molecule has 0 saturated carbocycles. The van der Waals surface area contributed by atoms with E-state index in [-0.39, 0.29) is 12.5 Å². The zero-order chi connectivity index (χ0) is 19.6. The van der Waals surface area contributed by atoms with Crippen molar-refractivity contribution in [1.82, 2.24) is 5.43 Å². The lowest BCUT2D eigenvalue weighted by molar-refractivity contribution is -0.145. The highest BCUT2D eigenvalue weighted by atomic mass is 79.9. The summed E-state index contributed by atoms with van der Waals surface area (Å²) in [6, 6.07) is 12.1. The Balaban J connectivity index is 2.00. The van der Waals surface area contributed by atoms with E-state index in [4.69, 9.17) is 14.2 Å². The zero-order valence-corrected chi connectivity index (χ0v) is 16.5. The van der Waals surface area contributed by atoms with Gasteiger partial charge < -0.3 is 14.2 Å². The predicted octanol–water partition coefficient (Wildman–Crippen LogP) is 3.16. The standard InChI is InChI=1S/C19H19BrN2O5/c1-3-26-18(23)12-27-16-9-8-13(10-17(16)25-2)11-21-22-19(24)14-6-4-5-7-15(14)20/h4-11H,3,12H2,1-2H3,(H,22,24)/b21-11-. The number of hydrogen-bond donors (Lipinski definition) is 1. The number of halogens is 1. The molecule has 1 amide bonds. The van der Waals surface area contributed by atoms with Gasteiger partial charge in [0.2, 0.25) is 0 Å². The van der Waals surface area contributed by atoms with Crippen molar-refractivity contribution in [2.24, 2.45) is 5.10 Å². The van der Waals surface area contributed by atoms with Crippen LogP contribution in [0.4, 0.5) is 0 Å². The molecule has 0 atom stereocenters. The third kappa shape index (κ3) is 6.10. The lowest BCUT2D eigenvalue weighted by Crippen LogP contribution is -2.18. The van der Waals surface area contributed by atoms with Crippen LogP contribution in [-0.4, -0.2) is 38.4 Å². The molecule has 0 radical (unpaired) electrons. The zero-order valence-electron chi connectivity index (χ0n) is 14.9. The fraction of sp³-hybridized carbons (Fsp3) is 0.211. The number of hydrazone groups is 1. The van der Waals surface area contributed by atoms with E-state index in [2.05, 4.69) is 26.5 Å². The second-order valence-electron chi connectivity index (χ2n) is 5.18. The van der Waals surface area contributed by atoms with Crippen molar-refractivity contribution < 1.29 is 23.8 Å². The molecule has 142 valence electrons. The first kappa shape index (κ1) is 20.4. The van der Waals surface area contributed by atoms with Crippen LogP contribution < -0.4 is 14.9 Å². The number of carbonyl (C=O) groups excluding carboxylic acids is 2. The summed E-state index contributed by atoms with van der Waals surface area (Å²) in [5.41, 5.74) is 3.63. The van der Waals surface area contributed by atoms with Crippen LogP contribution in [0.2, 0.25) is 0 Å². The molecular weight excluding hydrogens is 416 g/mol. The normalized spacial score (nSPS) is 10.5. The lowest BCUT2D eigenvalue weighted by Gasteiger charge is -2.10. The Bertz CT molecular complexity index is 839. The maximum Gasteiger partial charge on any atom is 0.344 e. The fourth-order valence-electron chi connectivity index (χ4n) is 2.09. The van der Waals surface area contributed by atoms with Crippen LogP contribution in [0.25, 0.3) is 0 Å². The molecule has 0 unspecified atom stereocenters. The second-order valence-corrected chi connectivity index (χ2v) is 6.04. The quantitative estimate of drug-likeness (QED) is 0.391. The van der Waals surface area contributed by atoms with Crippen molar-refractivity contribution in [1.29, 1.82) is 0 Å². The van der Waals surface area contributed by atoms with Crippen molar-refractivity contribution in [2.75, 3.05) is 20.3 Å². The number of methoxy groups -OCH3 is 1. The molecule has 0 heterocycles. The van der Waals surface area contributed by atoms with E-state index in [1.54, 1.807) is 43.3 Å². The molecule has 0 spiro atoms. The summed E-state index contributed by atoms with van der Waals surface area (Å²) in [4.78, 5) is 23.5. The van der Waals surface area contributed by atoms with Crippen molar-refractivity contribution in [3.8, 4) is 11.5 Å². The Hall–Kier alpha value is -2.87. The largest absolute Gasteiger partial charge is 0.493 e. The first-order valence-corrected chi connectivity index (χ1v) is 8.88. The van der Waals surface area contributed by atoms with Crippen LogP contribution in [0.5, 0.6) is 11.5 Å². The van der Waals surface area contributed by atoms with E-state index in [1.165, 1.54) is 13.3 Å². The van der Waals surface area contributed by atoms with Gasteiger partial charge in [0.1, 0.15) is 0 Å². The van der Waals surface area contributed by atoms with Gasteiger partial charge in [-0.15, -0.1) is 0 Å². The Labute approximate surface area is 165 Å². The summed E-state index contributed by atoms with van der Waals surface area (Å²) in [6.07, 6.45) is 1.48. The maximum atomic E-state index is 12.1. The number of hydrogen-bond acceptors (Lipinski definition) is 6. The van der Waals surface area contributed by atoms with Gasteiger partial charge in [-0.25, -0.2) is 10.2 Å². The van der Waals surface area contributed by atoms with Crippen LogP contribution in [-0.2, 0) is 9.53 Å². The third-order valence-electron chi connectivity index (χ3n) is 3.34. The second kappa shape index (κ2) is 10.3. The Morgan fingerprint density at radius 2 is 1.96 bits per heavy atom. The summed E-state index contributed by atoms with van der Waals surface area (Å²) in [7, 11) is 1.49. The van der Waals surface area contributed by atoms with Gasteiger partial charge in [-0.05, 0) is 58.7 Å². The van der Waals surface area contributed by atoms with E-state index in [0.29, 0.717) is 33.7 Å². The number of rotatable bonds is 8. The number of nitrogens with zero attached hydrogens (tertiary/aromatic N) is 1. The van der Waals surface area contributed by atoms with Crippen LogP contribution in [0, 0.1) is 0 Å². The van der Waals surface area contributed by atoms with Gasteiger partial charge in [0.05, 0.1) is 25.5 Å². The smallest absolute Gasteiger partial charge is 0.344 e. The van der Waals surface area contributed by atoms with Gasteiger partial charge in [0, 0.05) is 4.47 Å². The molecule has 0 fully saturated rings. The average molecular weight is 435 g/mol. The molecule has 2 aromatic rings. The van der Waals surface area contributed by atoms with Gasteiger partial charge in [-0.1, -0.05) is 12.1 Å². The Morgan fingerprint density at radius 3 is 2.67 bits per heavy atom. The molecule has 8 heteroatoms. The number of esters is 1. The van der Waals surface area contributed by atoms with Crippen LogP contribution in [0.3, 0.4) is 0 Å². The molecule has 0 aliphatic rings. The summed E-state index contributed by atoms with van der Waals surface area (Å²) in [5.74, 6) is 0.0420. The molecule has 2 aromatic carbocycles. The van der Waals surface area contributed by atoms with Crippen molar-refractivity contribution in [2.45, 2.75) is 6.92 Å². The summed E-state index contributed by atoms with van der Waals surface area (Å²) in [6.45, 7) is 1.81. The molecule has 1 N–H and O–H groups in total. The van der Waals surface area contributed by atoms with Crippen LogP contribution >= 0.6 is 15.9 Å². The number of benzene rings is 2. The highest BCUT2D eigenvalue weighted by molar-refractivity contribution is 9.10. The van der Waals surface area contributed by atoms with Crippen LogP contribution in [0.1, 0.15) is 22.8 Å². The summed E-state index contributed by atoms with van der Waals surface area (Å²) >= 11 is 3.32. The minimum absolute atomic E-state index is 0.209. The van der Waals surface area contributed by atoms with Crippen LogP contribution in [0.15, 0.2) is 52.0 Å². The predicted molar refractivity (Wildman–Crippen MR) is 104 cm³/mol. The highest BCUT2D eigenvalue weighted by Gasteiger charge is 2.10. The van der Waals surface area contributed by atoms with E-state index < -0.39 is 5.97 Å². The molecule has 7 nitrogen and oxygen atoms in total. The Kier molecular flexibility index (Phi) is 7.81. The molecule has 0 saturated heterocycles. The third-order valence-corrected chi connectivity index (χ3v) is 4.03. The number of nitrogens with one attached hydrogen (secondary N) is 1. The topological polar surface area (TPSA) is 86.2 Å². The van der Waals surface area contributed by atoms with Crippen molar-refractivity contribution >= 4 is 34.0 Å².